The molecule has 2 rings (SSSR count). The highest BCUT2D eigenvalue weighted by Crippen LogP contribution is 2.18. The summed E-state index contributed by atoms with van der Waals surface area (Å²) in [6.45, 7) is 3.96. The number of thiophene rings is 1. The molecule has 0 unspecified atom stereocenters. The van der Waals surface area contributed by atoms with Gasteiger partial charge in [0.05, 0.1) is 16.1 Å². The van der Waals surface area contributed by atoms with Crippen LogP contribution in [0.3, 0.4) is 0 Å². The Morgan fingerprint density at radius 2 is 1.90 bits per heavy atom. The lowest BCUT2D eigenvalue weighted by atomic mass is 10.1. The quantitative estimate of drug-likeness (QED) is 0.887. The molecular formula is C16H18N2O2S. The van der Waals surface area contributed by atoms with Crippen molar-refractivity contribution in [3.8, 4) is 0 Å². The Balaban J connectivity index is 2.17. The van der Waals surface area contributed by atoms with Crippen molar-refractivity contribution in [2.24, 2.45) is 0 Å². The molecule has 1 aromatic carbocycles. The average Bonchev–Trinajstić information content (AvgIpc) is 3.01. The van der Waals surface area contributed by atoms with Gasteiger partial charge in [0, 0.05) is 6.04 Å². The highest BCUT2D eigenvalue weighted by molar-refractivity contribution is 7.12. The van der Waals surface area contributed by atoms with Crippen LogP contribution in [0.5, 0.6) is 0 Å². The Bertz CT molecular complexity index is 623. The monoisotopic (exact) mass is 302 g/mol. The van der Waals surface area contributed by atoms with E-state index in [0.29, 0.717) is 16.1 Å². The van der Waals surface area contributed by atoms with Crippen molar-refractivity contribution in [2.45, 2.75) is 26.3 Å². The highest BCUT2D eigenvalue weighted by atomic mass is 32.1. The molecule has 0 radical (unpaired) electrons. The van der Waals surface area contributed by atoms with Crippen molar-refractivity contribution in [3.05, 3.63) is 52.2 Å². The van der Waals surface area contributed by atoms with Crippen molar-refractivity contribution in [2.75, 3.05) is 5.32 Å². The van der Waals surface area contributed by atoms with Crippen LogP contribution >= 0.6 is 11.3 Å². The number of carbonyl (C=O) groups excluding carboxylic acids is 2. The summed E-state index contributed by atoms with van der Waals surface area (Å²) in [5, 5.41) is 7.55. The maximum absolute atomic E-state index is 12.2. The zero-order valence-electron chi connectivity index (χ0n) is 12.1. The lowest BCUT2D eigenvalue weighted by Crippen LogP contribution is -2.32. The summed E-state index contributed by atoms with van der Waals surface area (Å²) in [5.74, 6) is -0.375. The van der Waals surface area contributed by atoms with E-state index >= 15 is 0 Å². The van der Waals surface area contributed by atoms with Crippen LogP contribution in [0.25, 0.3) is 0 Å². The maximum Gasteiger partial charge on any atom is 0.265 e. The SMILES string of the molecule is CC[C@@H](C)NC(=O)c1ccccc1NC(=O)c1cccs1. The molecule has 1 atom stereocenters. The van der Waals surface area contributed by atoms with E-state index in [1.807, 2.05) is 25.3 Å². The molecule has 1 heterocycles. The summed E-state index contributed by atoms with van der Waals surface area (Å²) in [7, 11) is 0. The predicted octanol–water partition coefficient (Wildman–Crippen LogP) is 3.53. The van der Waals surface area contributed by atoms with Crippen LogP contribution in [0.2, 0.25) is 0 Å². The molecule has 0 saturated heterocycles. The van der Waals surface area contributed by atoms with Gasteiger partial charge in [-0.25, -0.2) is 0 Å². The van der Waals surface area contributed by atoms with E-state index in [2.05, 4.69) is 10.6 Å². The van der Waals surface area contributed by atoms with E-state index in [-0.39, 0.29) is 17.9 Å². The minimum Gasteiger partial charge on any atom is -0.350 e. The van der Waals surface area contributed by atoms with E-state index < -0.39 is 0 Å². The second kappa shape index (κ2) is 7.04. The third-order valence-corrected chi connectivity index (χ3v) is 4.02. The van der Waals surface area contributed by atoms with Gasteiger partial charge in [0.25, 0.3) is 11.8 Å². The van der Waals surface area contributed by atoms with Crippen molar-refractivity contribution >= 4 is 28.8 Å². The molecule has 2 N–H and O–H groups in total. The van der Waals surface area contributed by atoms with Crippen molar-refractivity contribution in [1.82, 2.24) is 5.32 Å². The molecule has 1 aromatic heterocycles. The number of hydrogen-bond acceptors (Lipinski definition) is 3. The molecule has 21 heavy (non-hydrogen) atoms. The van der Waals surface area contributed by atoms with Crippen LogP contribution in [0.15, 0.2) is 41.8 Å². The summed E-state index contributed by atoms with van der Waals surface area (Å²) >= 11 is 1.37. The Hall–Kier alpha value is -2.14. The van der Waals surface area contributed by atoms with Crippen LogP contribution in [0.1, 0.15) is 40.3 Å². The second-order valence-electron chi connectivity index (χ2n) is 4.76. The minimum atomic E-state index is -0.200. The average molecular weight is 302 g/mol. The van der Waals surface area contributed by atoms with Gasteiger partial charge in [-0.05, 0) is 36.9 Å². The molecule has 0 saturated carbocycles. The molecule has 2 amide bonds. The number of rotatable bonds is 5. The number of hydrogen-bond donors (Lipinski definition) is 2. The topological polar surface area (TPSA) is 58.2 Å². The first-order chi connectivity index (χ1) is 10.1. The third-order valence-electron chi connectivity index (χ3n) is 3.15. The van der Waals surface area contributed by atoms with Gasteiger partial charge >= 0.3 is 0 Å². The van der Waals surface area contributed by atoms with Crippen molar-refractivity contribution in [3.63, 3.8) is 0 Å². The Labute approximate surface area is 128 Å². The van der Waals surface area contributed by atoms with Gasteiger partial charge in [-0.3, -0.25) is 9.59 Å². The lowest BCUT2D eigenvalue weighted by Gasteiger charge is -2.14. The molecule has 5 heteroatoms. The zero-order valence-corrected chi connectivity index (χ0v) is 12.9. The summed E-state index contributed by atoms with van der Waals surface area (Å²) < 4.78 is 0. The molecular weight excluding hydrogens is 284 g/mol. The van der Waals surface area contributed by atoms with E-state index in [0.717, 1.165) is 6.42 Å². The van der Waals surface area contributed by atoms with Gasteiger partial charge in [-0.15, -0.1) is 11.3 Å². The standard InChI is InChI=1S/C16H18N2O2S/c1-3-11(2)17-15(19)12-7-4-5-8-13(12)18-16(20)14-9-6-10-21-14/h4-11H,3H2,1-2H3,(H,17,19)(H,18,20)/t11-/m1/s1. The van der Waals surface area contributed by atoms with Crippen molar-refractivity contribution in [1.29, 1.82) is 0 Å². The third kappa shape index (κ3) is 3.92. The molecule has 0 aliphatic carbocycles. The zero-order chi connectivity index (χ0) is 15.2. The summed E-state index contributed by atoms with van der Waals surface area (Å²) in [6, 6.07) is 10.7. The molecule has 0 spiro atoms. The number of amides is 2. The smallest absolute Gasteiger partial charge is 0.265 e. The number of carbonyl (C=O) groups is 2. The Morgan fingerprint density at radius 1 is 1.14 bits per heavy atom. The number of para-hydroxylation sites is 1. The first-order valence-corrected chi connectivity index (χ1v) is 7.74. The Kier molecular flexibility index (Phi) is 5.11. The molecule has 4 nitrogen and oxygen atoms in total. The Morgan fingerprint density at radius 3 is 2.57 bits per heavy atom. The highest BCUT2D eigenvalue weighted by Gasteiger charge is 2.15. The van der Waals surface area contributed by atoms with Crippen LogP contribution in [0, 0.1) is 0 Å². The molecule has 0 aliphatic heterocycles. The first-order valence-electron chi connectivity index (χ1n) is 6.86. The first kappa shape index (κ1) is 15.3. The van der Waals surface area contributed by atoms with E-state index in [9.17, 15) is 9.59 Å². The van der Waals surface area contributed by atoms with Crippen LogP contribution in [0.4, 0.5) is 5.69 Å². The molecule has 0 aliphatic rings. The predicted molar refractivity (Wildman–Crippen MR) is 85.9 cm³/mol. The number of benzene rings is 1. The number of nitrogens with one attached hydrogen (secondary N) is 2. The van der Waals surface area contributed by atoms with E-state index in [1.165, 1.54) is 11.3 Å². The fraction of sp³-hybridized carbons (Fsp3) is 0.250. The van der Waals surface area contributed by atoms with E-state index in [1.54, 1.807) is 30.3 Å². The summed E-state index contributed by atoms with van der Waals surface area (Å²) in [6.07, 6.45) is 0.857. The number of anilines is 1. The lowest BCUT2D eigenvalue weighted by molar-refractivity contribution is 0.0940. The summed E-state index contributed by atoms with van der Waals surface area (Å²) in [5.41, 5.74) is 0.999. The molecule has 0 bridgehead atoms. The molecule has 0 fully saturated rings. The van der Waals surface area contributed by atoms with Crippen LogP contribution in [-0.4, -0.2) is 17.9 Å². The second-order valence-corrected chi connectivity index (χ2v) is 5.71. The largest absolute Gasteiger partial charge is 0.350 e. The van der Waals surface area contributed by atoms with Gasteiger partial charge in [-0.2, -0.15) is 0 Å². The maximum atomic E-state index is 12.2. The molecule has 110 valence electrons. The fourth-order valence-corrected chi connectivity index (χ4v) is 2.40. The van der Waals surface area contributed by atoms with Gasteiger partial charge in [0.2, 0.25) is 0 Å². The van der Waals surface area contributed by atoms with Gasteiger partial charge in [-0.1, -0.05) is 25.1 Å². The van der Waals surface area contributed by atoms with E-state index in [4.69, 9.17) is 0 Å². The van der Waals surface area contributed by atoms with Gasteiger partial charge in [0.15, 0.2) is 0 Å². The van der Waals surface area contributed by atoms with Gasteiger partial charge in [0.1, 0.15) is 0 Å². The fourth-order valence-electron chi connectivity index (χ4n) is 1.79. The van der Waals surface area contributed by atoms with Gasteiger partial charge < -0.3 is 10.6 Å². The minimum absolute atomic E-state index is 0.0959. The van der Waals surface area contributed by atoms with Crippen LogP contribution < -0.4 is 10.6 Å². The molecule has 2 aromatic rings. The van der Waals surface area contributed by atoms with Crippen LogP contribution in [-0.2, 0) is 0 Å². The summed E-state index contributed by atoms with van der Waals surface area (Å²) in [4.78, 5) is 25.0. The van der Waals surface area contributed by atoms with Crippen molar-refractivity contribution < 1.29 is 9.59 Å². The normalized spacial score (nSPS) is 11.7.